The Hall–Kier alpha value is -2.06. The fraction of sp³-hybridized carbons (Fsp3) is 0.440. The van der Waals surface area contributed by atoms with Crippen molar-refractivity contribution in [3.05, 3.63) is 44.3 Å². The van der Waals surface area contributed by atoms with Crippen LogP contribution in [0.15, 0.2) is 33.2 Å². The second-order valence-corrected chi connectivity index (χ2v) is 10.6. The lowest BCUT2D eigenvalue weighted by Crippen LogP contribution is -2.21. The molecule has 2 aromatic rings. The quantitative estimate of drug-likeness (QED) is 0.371. The molecule has 2 aliphatic heterocycles. The zero-order valence-corrected chi connectivity index (χ0v) is 21.6. The number of hydrogen-bond donors (Lipinski definition) is 3. The first-order valence-corrected chi connectivity index (χ1v) is 13.0. The molecule has 1 aliphatic carbocycles. The third-order valence-electron chi connectivity index (χ3n) is 6.28. The Morgan fingerprint density at radius 3 is 2.06 bits per heavy atom. The van der Waals surface area contributed by atoms with Gasteiger partial charge in [0.1, 0.15) is 11.5 Å². The molecule has 1 fully saturated rings. The molecule has 0 aromatic heterocycles. The number of ether oxygens (including phenoxy) is 1. The lowest BCUT2D eigenvalue weighted by molar-refractivity contribution is -0.117. The number of phenols is 1. The lowest BCUT2D eigenvalue weighted by atomic mass is 9.90. The molecule has 0 bridgehead atoms. The van der Waals surface area contributed by atoms with Gasteiger partial charge in [0.05, 0.1) is 18.0 Å². The van der Waals surface area contributed by atoms with Crippen molar-refractivity contribution < 1.29 is 19.4 Å². The molecule has 176 valence electrons. The van der Waals surface area contributed by atoms with E-state index in [0.717, 1.165) is 44.5 Å². The SMILES string of the molecule is O=C1CCc2cc(Br)cc(O)c2N1.O=C1CCc2cc(Br)cc(OCC3CCCCC3)c2N1. The number of aryl methyl sites for hydroxylation is 2. The molecule has 0 unspecified atom stereocenters. The Bertz CT molecular complexity index is 1050. The number of carbonyl (C=O) groups excluding carboxylic acids is 2. The lowest BCUT2D eigenvalue weighted by Gasteiger charge is -2.24. The Morgan fingerprint density at radius 2 is 1.39 bits per heavy atom. The average Bonchev–Trinajstić information content (AvgIpc) is 2.79. The van der Waals surface area contributed by atoms with Gasteiger partial charge in [0.2, 0.25) is 11.8 Å². The summed E-state index contributed by atoms with van der Waals surface area (Å²) in [6.45, 7) is 0.763. The van der Waals surface area contributed by atoms with E-state index in [1.54, 1.807) is 6.07 Å². The summed E-state index contributed by atoms with van der Waals surface area (Å²) >= 11 is 6.81. The highest BCUT2D eigenvalue weighted by Gasteiger charge is 2.21. The topological polar surface area (TPSA) is 87.7 Å². The first-order chi connectivity index (χ1) is 15.9. The highest BCUT2D eigenvalue weighted by Crippen LogP contribution is 2.37. The van der Waals surface area contributed by atoms with E-state index in [1.165, 1.54) is 32.1 Å². The summed E-state index contributed by atoms with van der Waals surface area (Å²) in [5.41, 5.74) is 3.57. The fourth-order valence-electron chi connectivity index (χ4n) is 4.54. The fourth-order valence-corrected chi connectivity index (χ4v) is 5.52. The van der Waals surface area contributed by atoms with Crippen LogP contribution in [0.25, 0.3) is 0 Å². The summed E-state index contributed by atoms with van der Waals surface area (Å²) in [6, 6.07) is 7.52. The number of halogens is 2. The standard InChI is InChI=1S/C16H20BrNO2.C9H8BrNO2/c17-13-8-12-6-7-15(19)18-16(12)14(9-13)20-10-11-4-2-1-3-5-11;10-6-3-5-1-2-8(13)11-9(5)7(12)4-6/h8-9,11H,1-7,10H2,(H,18,19);3-4,12H,1-2H2,(H,11,13). The minimum absolute atomic E-state index is 0.0369. The maximum atomic E-state index is 11.6. The Balaban J connectivity index is 0.000000172. The summed E-state index contributed by atoms with van der Waals surface area (Å²) in [4.78, 5) is 22.6. The number of nitrogens with one attached hydrogen (secondary N) is 2. The maximum Gasteiger partial charge on any atom is 0.224 e. The van der Waals surface area contributed by atoms with Crippen molar-refractivity contribution in [2.45, 2.75) is 57.8 Å². The predicted molar refractivity (Wildman–Crippen MR) is 136 cm³/mol. The molecule has 0 saturated heterocycles. The first-order valence-electron chi connectivity index (χ1n) is 11.5. The van der Waals surface area contributed by atoms with Crippen LogP contribution in [-0.2, 0) is 22.4 Å². The highest BCUT2D eigenvalue weighted by molar-refractivity contribution is 9.10. The van der Waals surface area contributed by atoms with E-state index in [-0.39, 0.29) is 17.6 Å². The summed E-state index contributed by atoms with van der Waals surface area (Å²) in [5.74, 6) is 1.65. The number of anilines is 2. The van der Waals surface area contributed by atoms with Gasteiger partial charge in [-0.05, 0) is 67.0 Å². The zero-order valence-electron chi connectivity index (χ0n) is 18.4. The molecule has 1 saturated carbocycles. The van der Waals surface area contributed by atoms with Gasteiger partial charge >= 0.3 is 0 Å². The molecule has 6 nitrogen and oxygen atoms in total. The maximum absolute atomic E-state index is 11.6. The van der Waals surface area contributed by atoms with Gasteiger partial charge in [0.25, 0.3) is 0 Å². The van der Waals surface area contributed by atoms with E-state index >= 15 is 0 Å². The van der Waals surface area contributed by atoms with Crippen molar-refractivity contribution in [1.82, 2.24) is 0 Å². The van der Waals surface area contributed by atoms with Crippen LogP contribution in [-0.4, -0.2) is 23.5 Å². The van der Waals surface area contributed by atoms with E-state index in [9.17, 15) is 14.7 Å². The molecule has 8 heteroatoms. The summed E-state index contributed by atoms with van der Waals surface area (Å²) in [5, 5.41) is 15.1. The van der Waals surface area contributed by atoms with Crippen molar-refractivity contribution in [1.29, 1.82) is 0 Å². The van der Waals surface area contributed by atoms with E-state index < -0.39 is 0 Å². The second kappa shape index (κ2) is 10.9. The normalized spacial score (nSPS) is 17.6. The number of rotatable bonds is 3. The summed E-state index contributed by atoms with van der Waals surface area (Å²) < 4.78 is 7.88. The molecule has 0 atom stereocenters. The minimum atomic E-state index is -0.0369. The van der Waals surface area contributed by atoms with Gasteiger partial charge in [0, 0.05) is 21.8 Å². The van der Waals surface area contributed by atoms with Crippen LogP contribution in [0.5, 0.6) is 11.5 Å². The zero-order chi connectivity index (χ0) is 23.4. The largest absolute Gasteiger partial charge is 0.506 e. The molecular weight excluding hydrogens is 552 g/mol. The van der Waals surface area contributed by atoms with Crippen LogP contribution >= 0.6 is 31.9 Å². The number of carbonyl (C=O) groups is 2. The van der Waals surface area contributed by atoms with Crippen molar-refractivity contribution in [3.8, 4) is 11.5 Å². The first kappa shape index (κ1) is 24.1. The van der Waals surface area contributed by atoms with Gasteiger partial charge in [-0.15, -0.1) is 0 Å². The molecule has 0 radical (unpaired) electrons. The van der Waals surface area contributed by atoms with Crippen molar-refractivity contribution in [2.75, 3.05) is 17.2 Å². The Labute approximate surface area is 210 Å². The Morgan fingerprint density at radius 1 is 0.818 bits per heavy atom. The second-order valence-electron chi connectivity index (χ2n) is 8.81. The van der Waals surface area contributed by atoms with Gasteiger partial charge in [-0.2, -0.15) is 0 Å². The number of hydrogen-bond acceptors (Lipinski definition) is 4. The monoisotopic (exact) mass is 578 g/mol. The number of aromatic hydroxyl groups is 1. The van der Waals surface area contributed by atoms with Crippen LogP contribution < -0.4 is 15.4 Å². The van der Waals surface area contributed by atoms with Crippen molar-refractivity contribution in [3.63, 3.8) is 0 Å². The van der Waals surface area contributed by atoms with Crippen molar-refractivity contribution >= 4 is 55.0 Å². The van der Waals surface area contributed by atoms with Gasteiger partial charge in [0.15, 0.2) is 0 Å². The minimum Gasteiger partial charge on any atom is -0.506 e. The van der Waals surface area contributed by atoms with Gasteiger partial charge in [-0.25, -0.2) is 0 Å². The summed E-state index contributed by atoms with van der Waals surface area (Å²) in [6.07, 6.45) is 9.07. The van der Waals surface area contributed by atoms with Crippen LogP contribution in [0.3, 0.4) is 0 Å². The third kappa shape index (κ3) is 6.29. The van der Waals surface area contributed by atoms with Gasteiger partial charge in [-0.3, -0.25) is 9.59 Å². The average molecular weight is 580 g/mol. The van der Waals surface area contributed by atoms with E-state index in [4.69, 9.17) is 4.74 Å². The van der Waals surface area contributed by atoms with E-state index in [1.807, 2.05) is 12.1 Å². The Kier molecular flexibility index (Phi) is 7.96. The van der Waals surface area contributed by atoms with Crippen LogP contribution in [0.1, 0.15) is 56.1 Å². The molecule has 3 aliphatic rings. The number of amides is 2. The number of phenolic OH excluding ortho intramolecular Hbond substituents is 1. The molecule has 0 spiro atoms. The molecule has 2 amide bonds. The van der Waals surface area contributed by atoms with Gasteiger partial charge < -0.3 is 20.5 Å². The van der Waals surface area contributed by atoms with Crippen LogP contribution in [0.4, 0.5) is 11.4 Å². The molecule has 3 N–H and O–H groups in total. The smallest absolute Gasteiger partial charge is 0.224 e. The van der Waals surface area contributed by atoms with Crippen LogP contribution in [0.2, 0.25) is 0 Å². The molecule has 5 rings (SSSR count). The van der Waals surface area contributed by atoms with E-state index in [0.29, 0.717) is 30.9 Å². The molecule has 33 heavy (non-hydrogen) atoms. The molecule has 2 aromatic carbocycles. The number of fused-ring (bicyclic) bond motifs is 2. The third-order valence-corrected chi connectivity index (χ3v) is 7.20. The predicted octanol–water partition coefficient (Wildman–Crippen LogP) is 6.33. The summed E-state index contributed by atoms with van der Waals surface area (Å²) in [7, 11) is 0. The van der Waals surface area contributed by atoms with E-state index in [2.05, 4.69) is 48.6 Å². The van der Waals surface area contributed by atoms with Crippen LogP contribution in [0, 0.1) is 5.92 Å². The molecular formula is C25H28Br2N2O4. The number of benzene rings is 2. The van der Waals surface area contributed by atoms with Gasteiger partial charge in [-0.1, -0.05) is 51.1 Å². The molecule has 2 heterocycles. The highest BCUT2D eigenvalue weighted by atomic mass is 79.9. The van der Waals surface area contributed by atoms with Crippen molar-refractivity contribution in [2.24, 2.45) is 5.92 Å².